The molecule has 0 aromatic rings. The summed E-state index contributed by atoms with van der Waals surface area (Å²) in [6.07, 6.45) is 7.57. The van der Waals surface area contributed by atoms with E-state index in [1.807, 2.05) is 0 Å². The van der Waals surface area contributed by atoms with E-state index in [0.29, 0.717) is 0 Å². The van der Waals surface area contributed by atoms with Gasteiger partial charge < -0.3 is 0 Å². The van der Waals surface area contributed by atoms with E-state index in [-0.39, 0.29) is 0 Å². The Hall–Kier alpha value is 0.350. The van der Waals surface area contributed by atoms with E-state index in [1.165, 1.54) is 32.1 Å². The third kappa shape index (κ3) is 1.66. The molecular weight excluding hydrogens is 164 g/mol. The van der Waals surface area contributed by atoms with Gasteiger partial charge in [0.05, 0.1) is 0 Å². The fourth-order valence-electron chi connectivity index (χ4n) is 2.63. The first-order valence-electron chi connectivity index (χ1n) is 5.43. The smallest absolute Gasteiger partial charge is 0.00786 e. The minimum atomic E-state index is 0.903. The topological polar surface area (TPSA) is 0 Å². The van der Waals surface area contributed by atoms with Gasteiger partial charge >= 0.3 is 0 Å². The summed E-state index contributed by atoms with van der Waals surface area (Å²) in [5.74, 6) is 2.00. The van der Waals surface area contributed by atoms with Gasteiger partial charge in [-0.15, -0.1) is 0 Å². The Kier molecular flexibility index (Phi) is 2.69. The monoisotopic (exact) mass is 184 g/mol. The molecule has 1 heteroatoms. The molecule has 1 saturated carbocycles. The molecule has 1 saturated heterocycles. The molecule has 70 valence electrons. The molecule has 1 aliphatic carbocycles. The molecule has 0 nitrogen and oxygen atoms in total. The van der Waals surface area contributed by atoms with Crippen LogP contribution in [-0.4, -0.2) is 10.5 Å². The summed E-state index contributed by atoms with van der Waals surface area (Å²) in [5, 5.41) is 2.03. The fraction of sp³-hybridized carbons (Fsp3) is 1.00. The molecule has 0 aromatic carbocycles. The molecule has 2 aliphatic rings. The Labute approximate surface area is 80.5 Å². The molecule has 1 aliphatic heterocycles. The van der Waals surface area contributed by atoms with Crippen molar-refractivity contribution in [1.82, 2.24) is 0 Å². The van der Waals surface area contributed by atoms with Crippen LogP contribution in [0.1, 0.15) is 46.0 Å². The maximum absolute atomic E-state index is 2.38. The summed E-state index contributed by atoms with van der Waals surface area (Å²) in [6.45, 7) is 4.77. The number of hydrogen-bond acceptors (Lipinski definition) is 1. The zero-order chi connectivity index (χ0) is 8.55. The van der Waals surface area contributed by atoms with Crippen LogP contribution >= 0.6 is 11.8 Å². The van der Waals surface area contributed by atoms with Gasteiger partial charge in [-0.2, -0.15) is 11.8 Å². The second-order valence-electron chi connectivity index (χ2n) is 4.74. The van der Waals surface area contributed by atoms with Crippen molar-refractivity contribution in [1.29, 1.82) is 0 Å². The summed E-state index contributed by atoms with van der Waals surface area (Å²) in [7, 11) is 0. The molecule has 0 N–H and O–H groups in total. The Morgan fingerprint density at radius 2 is 1.92 bits per heavy atom. The van der Waals surface area contributed by atoms with Gasteiger partial charge in [-0.25, -0.2) is 0 Å². The van der Waals surface area contributed by atoms with Crippen molar-refractivity contribution >= 4 is 11.8 Å². The lowest BCUT2D eigenvalue weighted by atomic mass is 9.85. The Morgan fingerprint density at radius 1 is 1.17 bits per heavy atom. The van der Waals surface area contributed by atoms with Crippen LogP contribution in [0.5, 0.6) is 0 Å². The second-order valence-corrected chi connectivity index (χ2v) is 6.22. The molecule has 3 atom stereocenters. The predicted octanol–water partition coefficient (Wildman–Crippen LogP) is 3.71. The summed E-state index contributed by atoms with van der Waals surface area (Å²) >= 11 is 2.30. The van der Waals surface area contributed by atoms with Gasteiger partial charge in [-0.1, -0.05) is 26.7 Å². The highest BCUT2D eigenvalue weighted by Gasteiger charge is 2.37. The summed E-state index contributed by atoms with van der Waals surface area (Å²) in [4.78, 5) is 0. The normalized spacial score (nSPS) is 41.8. The van der Waals surface area contributed by atoms with E-state index < -0.39 is 0 Å². The van der Waals surface area contributed by atoms with Crippen LogP contribution in [0.25, 0.3) is 0 Å². The zero-order valence-corrected chi connectivity index (χ0v) is 9.07. The second kappa shape index (κ2) is 3.61. The largest absolute Gasteiger partial charge is 0.155 e. The molecule has 0 aromatic heterocycles. The molecule has 0 spiro atoms. The Balaban J connectivity index is 1.94. The number of fused-ring (bicyclic) bond motifs is 1. The van der Waals surface area contributed by atoms with Gasteiger partial charge in [0.2, 0.25) is 0 Å². The van der Waals surface area contributed by atoms with Crippen LogP contribution in [0.15, 0.2) is 0 Å². The molecule has 2 fully saturated rings. The first kappa shape index (κ1) is 8.93. The van der Waals surface area contributed by atoms with Crippen molar-refractivity contribution in [2.45, 2.75) is 56.5 Å². The van der Waals surface area contributed by atoms with Crippen LogP contribution in [0.4, 0.5) is 0 Å². The lowest BCUT2D eigenvalue weighted by Crippen LogP contribution is -2.16. The summed E-state index contributed by atoms with van der Waals surface area (Å²) in [5.41, 5.74) is 0. The third-order valence-corrected chi connectivity index (χ3v) is 5.52. The highest BCUT2D eigenvalue weighted by atomic mass is 32.2. The first-order chi connectivity index (χ1) is 5.77. The lowest BCUT2D eigenvalue weighted by molar-refractivity contribution is 0.356. The van der Waals surface area contributed by atoms with Crippen molar-refractivity contribution in [2.75, 3.05) is 0 Å². The zero-order valence-electron chi connectivity index (χ0n) is 8.25. The Bertz CT molecular complexity index is 139. The standard InChI is InChI=1S/C11H20S/c1-8(2)11-7-9-5-3-4-6-10(9)12-11/h8-11H,3-7H2,1-2H3. The van der Waals surface area contributed by atoms with Crippen LogP contribution in [0, 0.1) is 11.8 Å². The lowest BCUT2D eigenvalue weighted by Gasteiger charge is -2.23. The van der Waals surface area contributed by atoms with Gasteiger partial charge in [-0.05, 0) is 31.1 Å². The molecule has 0 radical (unpaired) electrons. The van der Waals surface area contributed by atoms with E-state index in [9.17, 15) is 0 Å². The first-order valence-corrected chi connectivity index (χ1v) is 6.37. The average molecular weight is 184 g/mol. The van der Waals surface area contributed by atoms with E-state index in [4.69, 9.17) is 0 Å². The van der Waals surface area contributed by atoms with Gasteiger partial charge in [0, 0.05) is 10.5 Å². The van der Waals surface area contributed by atoms with E-state index in [2.05, 4.69) is 25.6 Å². The van der Waals surface area contributed by atoms with Crippen molar-refractivity contribution in [3.8, 4) is 0 Å². The van der Waals surface area contributed by atoms with E-state index >= 15 is 0 Å². The Morgan fingerprint density at radius 3 is 2.58 bits per heavy atom. The van der Waals surface area contributed by atoms with Gasteiger partial charge in [0.25, 0.3) is 0 Å². The molecule has 0 amide bonds. The summed E-state index contributed by atoms with van der Waals surface area (Å²) in [6, 6.07) is 0. The number of rotatable bonds is 1. The van der Waals surface area contributed by atoms with Gasteiger partial charge in [-0.3, -0.25) is 0 Å². The molecule has 1 heterocycles. The quantitative estimate of drug-likeness (QED) is 0.598. The van der Waals surface area contributed by atoms with Crippen LogP contribution in [-0.2, 0) is 0 Å². The molecule has 0 bridgehead atoms. The number of hydrogen-bond donors (Lipinski definition) is 0. The molecule has 3 unspecified atom stereocenters. The van der Waals surface area contributed by atoms with E-state index in [0.717, 1.165) is 22.3 Å². The third-order valence-electron chi connectivity index (χ3n) is 3.47. The average Bonchev–Trinajstić information content (AvgIpc) is 2.46. The highest BCUT2D eigenvalue weighted by molar-refractivity contribution is 8.00. The van der Waals surface area contributed by atoms with Crippen molar-refractivity contribution < 1.29 is 0 Å². The molecule has 2 rings (SSSR count). The van der Waals surface area contributed by atoms with Crippen LogP contribution in [0.2, 0.25) is 0 Å². The summed E-state index contributed by atoms with van der Waals surface area (Å²) < 4.78 is 0. The minimum absolute atomic E-state index is 0.903. The molecular formula is C11H20S. The number of thioether (sulfide) groups is 1. The van der Waals surface area contributed by atoms with E-state index in [1.54, 1.807) is 0 Å². The van der Waals surface area contributed by atoms with Gasteiger partial charge in [0.1, 0.15) is 0 Å². The van der Waals surface area contributed by atoms with Crippen LogP contribution < -0.4 is 0 Å². The fourth-order valence-corrected chi connectivity index (χ4v) is 4.52. The van der Waals surface area contributed by atoms with Crippen molar-refractivity contribution in [3.63, 3.8) is 0 Å². The SMILES string of the molecule is CC(C)C1CC2CCCCC2S1. The van der Waals surface area contributed by atoms with Crippen molar-refractivity contribution in [3.05, 3.63) is 0 Å². The van der Waals surface area contributed by atoms with Gasteiger partial charge in [0.15, 0.2) is 0 Å². The van der Waals surface area contributed by atoms with Crippen LogP contribution in [0.3, 0.4) is 0 Å². The highest BCUT2D eigenvalue weighted by Crippen LogP contribution is 2.48. The maximum Gasteiger partial charge on any atom is 0.00786 e. The maximum atomic E-state index is 2.38. The minimum Gasteiger partial charge on any atom is -0.155 e. The van der Waals surface area contributed by atoms with Crippen molar-refractivity contribution in [2.24, 2.45) is 11.8 Å². The predicted molar refractivity (Wildman–Crippen MR) is 56.6 cm³/mol. The molecule has 12 heavy (non-hydrogen) atoms.